The first-order chi connectivity index (χ1) is 9.51. The molecule has 0 saturated heterocycles. The van der Waals surface area contributed by atoms with E-state index in [4.69, 9.17) is 0 Å². The number of rotatable bonds is 1. The fourth-order valence-corrected chi connectivity index (χ4v) is 2.46. The molecule has 1 aromatic rings. The lowest BCUT2D eigenvalue weighted by Gasteiger charge is -2.29. The van der Waals surface area contributed by atoms with Crippen molar-refractivity contribution in [3.63, 3.8) is 0 Å². The first-order valence-corrected chi connectivity index (χ1v) is 7.23. The number of anilines is 1. The Balaban J connectivity index is 2.65. The van der Waals surface area contributed by atoms with E-state index >= 15 is 0 Å². The van der Waals surface area contributed by atoms with Gasteiger partial charge in [-0.2, -0.15) is 0 Å². The van der Waals surface area contributed by atoms with Gasteiger partial charge in [-0.3, -0.25) is 9.59 Å². The first-order valence-electron chi connectivity index (χ1n) is 7.23. The molecule has 0 spiro atoms. The van der Waals surface area contributed by atoms with E-state index in [1.165, 1.54) is 17.1 Å². The minimum absolute atomic E-state index is 0.0373. The van der Waals surface area contributed by atoms with Crippen LogP contribution in [-0.2, 0) is 20.4 Å². The number of hydrogen-bond acceptors (Lipinski definition) is 2. The van der Waals surface area contributed by atoms with Crippen molar-refractivity contribution in [1.82, 2.24) is 0 Å². The van der Waals surface area contributed by atoms with Crippen molar-refractivity contribution in [1.29, 1.82) is 0 Å². The van der Waals surface area contributed by atoms with E-state index in [9.17, 15) is 9.59 Å². The van der Waals surface area contributed by atoms with Crippen LogP contribution in [0, 0.1) is 0 Å². The summed E-state index contributed by atoms with van der Waals surface area (Å²) in [6, 6.07) is 6.10. The van der Waals surface area contributed by atoms with Crippen molar-refractivity contribution in [3.8, 4) is 0 Å². The summed E-state index contributed by atoms with van der Waals surface area (Å²) < 4.78 is 0. The third-order valence-electron chi connectivity index (χ3n) is 3.72. The van der Waals surface area contributed by atoms with E-state index in [2.05, 4.69) is 47.6 Å². The SMILES string of the molecule is CC(C)(C)c1ccc(C(C)(C)C)c(N2C(=O)C=CC2=O)c1. The molecule has 1 aliphatic heterocycles. The fourth-order valence-electron chi connectivity index (χ4n) is 2.46. The Kier molecular flexibility index (Phi) is 3.56. The van der Waals surface area contributed by atoms with Gasteiger partial charge in [0.2, 0.25) is 0 Å². The maximum absolute atomic E-state index is 12.0. The molecule has 3 heteroatoms. The zero-order chi connectivity index (χ0) is 16.0. The van der Waals surface area contributed by atoms with E-state index in [1.54, 1.807) is 0 Å². The monoisotopic (exact) mass is 285 g/mol. The quantitative estimate of drug-likeness (QED) is 0.738. The normalized spacial score (nSPS) is 16.0. The van der Waals surface area contributed by atoms with Gasteiger partial charge in [0.25, 0.3) is 11.8 Å². The number of hydrogen-bond donors (Lipinski definition) is 0. The van der Waals surface area contributed by atoms with Gasteiger partial charge >= 0.3 is 0 Å². The highest BCUT2D eigenvalue weighted by molar-refractivity contribution is 6.28. The van der Waals surface area contributed by atoms with Gasteiger partial charge in [-0.1, -0.05) is 53.7 Å². The molecular weight excluding hydrogens is 262 g/mol. The highest BCUT2D eigenvalue weighted by Crippen LogP contribution is 2.36. The molecule has 0 aromatic heterocycles. The molecule has 0 bridgehead atoms. The summed E-state index contributed by atoms with van der Waals surface area (Å²) in [6.07, 6.45) is 2.66. The third kappa shape index (κ3) is 2.92. The van der Waals surface area contributed by atoms with Gasteiger partial charge in [0.15, 0.2) is 0 Å². The van der Waals surface area contributed by atoms with Gasteiger partial charge in [0, 0.05) is 12.2 Å². The summed E-state index contributed by atoms with van der Waals surface area (Å²) >= 11 is 0. The molecule has 1 heterocycles. The smallest absolute Gasteiger partial charge is 0.258 e. The predicted octanol–water partition coefficient (Wildman–Crippen LogP) is 3.71. The molecule has 0 radical (unpaired) electrons. The van der Waals surface area contributed by atoms with Gasteiger partial charge in [-0.05, 0) is 28.0 Å². The molecule has 0 saturated carbocycles. The largest absolute Gasteiger partial charge is 0.269 e. The molecule has 112 valence electrons. The molecule has 1 aromatic carbocycles. The molecule has 0 N–H and O–H groups in total. The van der Waals surface area contributed by atoms with Crippen molar-refractivity contribution in [2.75, 3.05) is 4.90 Å². The molecule has 3 nitrogen and oxygen atoms in total. The number of carbonyl (C=O) groups is 2. The minimum Gasteiger partial charge on any atom is -0.269 e. The number of imide groups is 1. The zero-order valence-corrected chi connectivity index (χ0v) is 13.7. The second-order valence-electron chi connectivity index (χ2n) is 7.58. The van der Waals surface area contributed by atoms with E-state index in [0.29, 0.717) is 5.69 Å². The van der Waals surface area contributed by atoms with Crippen LogP contribution in [0.15, 0.2) is 30.4 Å². The van der Waals surface area contributed by atoms with Crippen LogP contribution in [0.5, 0.6) is 0 Å². The van der Waals surface area contributed by atoms with Crippen LogP contribution in [0.25, 0.3) is 0 Å². The molecule has 21 heavy (non-hydrogen) atoms. The number of carbonyl (C=O) groups excluding carboxylic acids is 2. The van der Waals surface area contributed by atoms with E-state index in [-0.39, 0.29) is 22.6 Å². The Morgan fingerprint density at radius 2 is 1.33 bits per heavy atom. The van der Waals surface area contributed by atoms with Crippen molar-refractivity contribution < 1.29 is 9.59 Å². The van der Waals surface area contributed by atoms with Crippen LogP contribution in [0.1, 0.15) is 52.7 Å². The van der Waals surface area contributed by atoms with Crippen LogP contribution in [-0.4, -0.2) is 11.8 Å². The van der Waals surface area contributed by atoms with Gasteiger partial charge in [0.05, 0.1) is 5.69 Å². The lowest BCUT2D eigenvalue weighted by atomic mass is 9.81. The molecule has 0 aliphatic carbocycles. The van der Waals surface area contributed by atoms with Crippen molar-refractivity contribution in [2.45, 2.75) is 52.4 Å². The average Bonchev–Trinajstić information content (AvgIpc) is 2.66. The van der Waals surface area contributed by atoms with Gasteiger partial charge in [-0.15, -0.1) is 0 Å². The highest BCUT2D eigenvalue weighted by atomic mass is 16.2. The Bertz CT molecular complexity index is 610. The summed E-state index contributed by atoms with van der Waals surface area (Å²) in [5.41, 5.74) is 2.63. The fraction of sp³-hybridized carbons (Fsp3) is 0.444. The van der Waals surface area contributed by atoms with Crippen LogP contribution < -0.4 is 4.90 Å². The minimum atomic E-state index is -0.267. The standard InChI is InChI=1S/C18H23NO2/c1-17(2,3)12-7-8-13(18(4,5)6)14(11-12)19-15(20)9-10-16(19)21/h7-11H,1-6H3. The average molecular weight is 285 g/mol. The predicted molar refractivity (Wildman–Crippen MR) is 85.5 cm³/mol. The second kappa shape index (κ2) is 4.83. The molecule has 2 rings (SSSR count). The molecule has 0 fully saturated rings. The summed E-state index contributed by atoms with van der Waals surface area (Å²) in [4.78, 5) is 25.4. The Hall–Kier alpha value is -1.90. The number of benzene rings is 1. The zero-order valence-electron chi connectivity index (χ0n) is 13.7. The second-order valence-corrected chi connectivity index (χ2v) is 7.58. The Morgan fingerprint density at radius 3 is 1.76 bits per heavy atom. The topological polar surface area (TPSA) is 37.4 Å². The van der Waals surface area contributed by atoms with Crippen molar-refractivity contribution in [2.24, 2.45) is 0 Å². The van der Waals surface area contributed by atoms with Crippen molar-refractivity contribution in [3.05, 3.63) is 41.5 Å². The molecule has 1 aliphatic rings. The molecule has 0 atom stereocenters. The van der Waals surface area contributed by atoms with E-state index in [0.717, 1.165) is 11.1 Å². The number of amides is 2. The van der Waals surface area contributed by atoms with Gasteiger partial charge in [0.1, 0.15) is 0 Å². The summed E-state index contributed by atoms with van der Waals surface area (Å²) in [5.74, 6) is -0.534. The molecular formula is C18H23NO2. The van der Waals surface area contributed by atoms with Crippen molar-refractivity contribution >= 4 is 17.5 Å². The molecule has 2 amide bonds. The summed E-state index contributed by atoms with van der Waals surface area (Å²) in [7, 11) is 0. The Morgan fingerprint density at radius 1 is 0.810 bits per heavy atom. The third-order valence-corrected chi connectivity index (χ3v) is 3.72. The summed E-state index contributed by atoms with van der Waals surface area (Å²) in [6.45, 7) is 12.6. The van der Waals surface area contributed by atoms with E-state index in [1.807, 2.05) is 12.1 Å². The molecule has 0 unspecified atom stereocenters. The van der Waals surface area contributed by atoms with Crippen LogP contribution in [0.2, 0.25) is 0 Å². The highest BCUT2D eigenvalue weighted by Gasteiger charge is 2.31. The number of nitrogens with zero attached hydrogens (tertiary/aromatic N) is 1. The maximum atomic E-state index is 12.0. The summed E-state index contributed by atoms with van der Waals surface area (Å²) in [5, 5.41) is 0. The Labute approximate surface area is 126 Å². The van der Waals surface area contributed by atoms with E-state index < -0.39 is 0 Å². The lowest BCUT2D eigenvalue weighted by molar-refractivity contribution is -0.120. The lowest BCUT2D eigenvalue weighted by Crippen LogP contribution is -2.32. The van der Waals surface area contributed by atoms with Crippen LogP contribution in [0.3, 0.4) is 0 Å². The maximum Gasteiger partial charge on any atom is 0.258 e. The van der Waals surface area contributed by atoms with Gasteiger partial charge in [-0.25, -0.2) is 4.90 Å². The van der Waals surface area contributed by atoms with Crippen LogP contribution in [0.4, 0.5) is 5.69 Å². The van der Waals surface area contributed by atoms with Crippen LogP contribution >= 0.6 is 0 Å². The van der Waals surface area contributed by atoms with Gasteiger partial charge < -0.3 is 0 Å². The first kappa shape index (κ1) is 15.5.